The summed E-state index contributed by atoms with van der Waals surface area (Å²) in [6, 6.07) is 8.53. The Labute approximate surface area is 91.4 Å². The number of nitriles is 1. The molecule has 0 N–H and O–H groups in total. The third-order valence-electron chi connectivity index (χ3n) is 2.32. The van der Waals surface area contributed by atoms with Crippen LogP contribution in [0.5, 0.6) is 0 Å². The van der Waals surface area contributed by atoms with Crippen LogP contribution in [0.1, 0.15) is 25.2 Å². The average molecular weight is 203 g/mol. The quantitative estimate of drug-likeness (QED) is 0.704. The standard InChI is InChI=1S/C12H17N3/c1-10(2)15(8-7-13)9-12-6-4-5-11(3)14-12/h4-6,10H,8-9H2,1-3H3. The smallest absolute Gasteiger partial charge is 0.0871 e. The molecule has 0 aromatic carbocycles. The van der Waals surface area contributed by atoms with Crippen molar-refractivity contribution < 1.29 is 0 Å². The van der Waals surface area contributed by atoms with E-state index in [1.165, 1.54) is 0 Å². The first-order valence-corrected chi connectivity index (χ1v) is 5.17. The van der Waals surface area contributed by atoms with Gasteiger partial charge in [0, 0.05) is 18.3 Å². The molecule has 1 aromatic rings. The van der Waals surface area contributed by atoms with Gasteiger partial charge in [-0.2, -0.15) is 5.26 Å². The van der Waals surface area contributed by atoms with Gasteiger partial charge in [-0.1, -0.05) is 6.07 Å². The van der Waals surface area contributed by atoms with Crippen molar-refractivity contribution in [3.05, 3.63) is 29.6 Å². The lowest BCUT2D eigenvalue weighted by molar-refractivity contribution is 0.237. The predicted molar refractivity (Wildman–Crippen MR) is 60.1 cm³/mol. The highest BCUT2D eigenvalue weighted by molar-refractivity contribution is 5.10. The third kappa shape index (κ3) is 3.69. The van der Waals surface area contributed by atoms with Gasteiger partial charge in [-0.05, 0) is 32.9 Å². The van der Waals surface area contributed by atoms with Gasteiger partial charge in [0.15, 0.2) is 0 Å². The first kappa shape index (κ1) is 11.7. The summed E-state index contributed by atoms with van der Waals surface area (Å²) in [5.74, 6) is 0. The van der Waals surface area contributed by atoms with Crippen molar-refractivity contribution in [3.8, 4) is 6.07 Å². The Morgan fingerprint density at radius 3 is 2.73 bits per heavy atom. The molecule has 0 aliphatic heterocycles. The van der Waals surface area contributed by atoms with Crippen molar-refractivity contribution in [1.29, 1.82) is 5.26 Å². The Bertz CT molecular complexity index is 352. The summed E-state index contributed by atoms with van der Waals surface area (Å²) in [5, 5.41) is 8.71. The minimum absolute atomic E-state index is 0.368. The highest BCUT2D eigenvalue weighted by atomic mass is 15.1. The molecule has 1 aromatic heterocycles. The van der Waals surface area contributed by atoms with Crippen LogP contribution in [0, 0.1) is 18.3 Å². The molecule has 1 heterocycles. The monoisotopic (exact) mass is 203 g/mol. The van der Waals surface area contributed by atoms with E-state index in [0.29, 0.717) is 12.6 Å². The van der Waals surface area contributed by atoms with E-state index in [2.05, 4.69) is 29.8 Å². The molecule has 0 radical (unpaired) electrons. The van der Waals surface area contributed by atoms with Gasteiger partial charge >= 0.3 is 0 Å². The Hall–Kier alpha value is -1.40. The topological polar surface area (TPSA) is 39.9 Å². The molecular formula is C12H17N3. The molecule has 80 valence electrons. The molecule has 1 rings (SSSR count). The Balaban J connectivity index is 2.70. The second-order valence-electron chi connectivity index (χ2n) is 3.93. The molecule has 3 heteroatoms. The van der Waals surface area contributed by atoms with E-state index in [1.807, 2.05) is 25.1 Å². The predicted octanol–water partition coefficient (Wildman–Crippen LogP) is 2.12. The maximum atomic E-state index is 8.71. The van der Waals surface area contributed by atoms with Crippen LogP contribution in [0.15, 0.2) is 18.2 Å². The number of aryl methyl sites for hydroxylation is 1. The van der Waals surface area contributed by atoms with Crippen LogP contribution in [-0.4, -0.2) is 22.5 Å². The minimum atomic E-state index is 0.368. The molecule has 0 saturated carbocycles. The van der Waals surface area contributed by atoms with Gasteiger partial charge in [-0.3, -0.25) is 9.88 Å². The maximum absolute atomic E-state index is 8.71. The highest BCUT2D eigenvalue weighted by Gasteiger charge is 2.09. The molecule has 0 bridgehead atoms. The molecule has 0 atom stereocenters. The lowest BCUT2D eigenvalue weighted by Crippen LogP contribution is -2.31. The lowest BCUT2D eigenvalue weighted by atomic mass is 10.2. The largest absolute Gasteiger partial charge is 0.282 e. The number of aromatic nitrogens is 1. The van der Waals surface area contributed by atoms with Crippen molar-refractivity contribution in [3.63, 3.8) is 0 Å². The number of hydrogen-bond donors (Lipinski definition) is 0. The molecule has 0 aliphatic carbocycles. The van der Waals surface area contributed by atoms with E-state index in [4.69, 9.17) is 5.26 Å². The molecule has 0 aliphatic rings. The average Bonchev–Trinajstić information content (AvgIpc) is 2.17. The van der Waals surface area contributed by atoms with Gasteiger partial charge in [0.1, 0.15) is 0 Å². The van der Waals surface area contributed by atoms with Gasteiger partial charge in [0.2, 0.25) is 0 Å². The molecule has 0 spiro atoms. The Morgan fingerprint density at radius 2 is 2.20 bits per heavy atom. The van der Waals surface area contributed by atoms with E-state index in [1.54, 1.807) is 0 Å². The molecule has 0 saturated heterocycles. The van der Waals surface area contributed by atoms with Crippen molar-refractivity contribution in [2.75, 3.05) is 6.54 Å². The van der Waals surface area contributed by atoms with Crippen LogP contribution in [0.3, 0.4) is 0 Å². The Kier molecular flexibility index (Phi) is 4.26. The van der Waals surface area contributed by atoms with E-state index < -0.39 is 0 Å². The van der Waals surface area contributed by atoms with E-state index in [-0.39, 0.29) is 0 Å². The third-order valence-corrected chi connectivity index (χ3v) is 2.32. The first-order chi connectivity index (χ1) is 7.13. The summed E-state index contributed by atoms with van der Waals surface area (Å²) in [7, 11) is 0. The van der Waals surface area contributed by atoms with Gasteiger partial charge in [-0.15, -0.1) is 0 Å². The van der Waals surface area contributed by atoms with E-state index in [0.717, 1.165) is 17.9 Å². The lowest BCUT2D eigenvalue weighted by Gasteiger charge is -2.22. The molecule has 3 nitrogen and oxygen atoms in total. The summed E-state index contributed by atoms with van der Waals surface area (Å²) in [6.07, 6.45) is 0. The summed E-state index contributed by atoms with van der Waals surface area (Å²) < 4.78 is 0. The fraction of sp³-hybridized carbons (Fsp3) is 0.500. The zero-order valence-electron chi connectivity index (χ0n) is 9.57. The SMILES string of the molecule is Cc1cccc(CN(CC#N)C(C)C)n1. The summed E-state index contributed by atoms with van der Waals surface area (Å²) in [6.45, 7) is 7.36. The zero-order valence-corrected chi connectivity index (χ0v) is 9.57. The molecule has 0 fully saturated rings. The van der Waals surface area contributed by atoms with Crippen LogP contribution in [0.25, 0.3) is 0 Å². The van der Waals surface area contributed by atoms with Crippen molar-refractivity contribution in [1.82, 2.24) is 9.88 Å². The molecular weight excluding hydrogens is 186 g/mol. The number of rotatable bonds is 4. The second-order valence-corrected chi connectivity index (χ2v) is 3.93. The van der Waals surface area contributed by atoms with Gasteiger partial charge in [-0.25, -0.2) is 0 Å². The molecule has 0 unspecified atom stereocenters. The summed E-state index contributed by atoms with van der Waals surface area (Å²) in [4.78, 5) is 6.53. The highest BCUT2D eigenvalue weighted by Crippen LogP contribution is 2.06. The number of hydrogen-bond acceptors (Lipinski definition) is 3. The summed E-state index contributed by atoms with van der Waals surface area (Å²) in [5.41, 5.74) is 2.05. The Morgan fingerprint density at radius 1 is 1.47 bits per heavy atom. The van der Waals surface area contributed by atoms with Gasteiger partial charge in [0.05, 0.1) is 18.3 Å². The van der Waals surface area contributed by atoms with Crippen LogP contribution in [0.2, 0.25) is 0 Å². The first-order valence-electron chi connectivity index (χ1n) is 5.17. The van der Waals surface area contributed by atoms with E-state index >= 15 is 0 Å². The molecule has 15 heavy (non-hydrogen) atoms. The summed E-state index contributed by atoms with van der Waals surface area (Å²) >= 11 is 0. The van der Waals surface area contributed by atoms with Crippen LogP contribution in [-0.2, 0) is 6.54 Å². The zero-order chi connectivity index (χ0) is 11.3. The van der Waals surface area contributed by atoms with Crippen LogP contribution >= 0.6 is 0 Å². The second kappa shape index (κ2) is 5.47. The minimum Gasteiger partial charge on any atom is -0.282 e. The van der Waals surface area contributed by atoms with Crippen molar-refractivity contribution in [2.24, 2.45) is 0 Å². The maximum Gasteiger partial charge on any atom is 0.0871 e. The van der Waals surface area contributed by atoms with Crippen molar-refractivity contribution >= 4 is 0 Å². The number of pyridine rings is 1. The van der Waals surface area contributed by atoms with Crippen molar-refractivity contribution in [2.45, 2.75) is 33.4 Å². The molecule has 0 amide bonds. The fourth-order valence-electron chi connectivity index (χ4n) is 1.41. The van der Waals surface area contributed by atoms with Gasteiger partial charge < -0.3 is 0 Å². The van der Waals surface area contributed by atoms with Crippen LogP contribution in [0.4, 0.5) is 0 Å². The normalized spacial score (nSPS) is 10.7. The number of nitrogens with zero attached hydrogens (tertiary/aromatic N) is 3. The van der Waals surface area contributed by atoms with E-state index in [9.17, 15) is 0 Å². The fourth-order valence-corrected chi connectivity index (χ4v) is 1.41. The van der Waals surface area contributed by atoms with Gasteiger partial charge in [0.25, 0.3) is 0 Å². The van der Waals surface area contributed by atoms with Crippen LogP contribution < -0.4 is 0 Å².